The third kappa shape index (κ3) is 5.36. The lowest BCUT2D eigenvalue weighted by Gasteiger charge is -2.11. The van der Waals surface area contributed by atoms with Gasteiger partial charge in [0.1, 0.15) is 5.82 Å². The monoisotopic (exact) mass is 422 g/mol. The number of carbonyl (C=O) groups excluding carboxylic acids is 2. The Morgan fingerprint density at radius 3 is 2.58 bits per heavy atom. The number of hydrazone groups is 1. The molecule has 0 saturated heterocycles. The Balaban J connectivity index is 1.66. The van der Waals surface area contributed by atoms with Crippen LogP contribution < -0.4 is 10.7 Å². The normalized spacial score (nSPS) is 10.8. The number of benzene rings is 2. The number of esters is 1. The fourth-order valence-electron chi connectivity index (χ4n) is 3.17. The molecule has 7 nitrogen and oxygen atoms in total. The molecule has 0 bridgehead atoms. The Labute approximate surface area is 179 Å². The van der Waals surface area contributed by atoms with Crippen molar-refractivity contribution < 1.29 is 18.7 Å². The molecule has 31 heavy (non-hydrogen) atoms. The van der Waals surface area contributed by atoms with Crippen LogP contribution in [0.25, 0.3) is 5.69 Å². The largest absolute Gasteiger partial charge is 0.465 e. The second kappa shape index (κ2) is 9.71. The van der Waals surface area contributed by atoms with Crippen molar-refractivity contribution in [1.82, 2.24) is 9.99 Å². The summed E-state index contributed by atoms with van der Waals surface area (Å²) in [6.07, 6.45) is 1.57. The molecule has 0 atom stereocenters. The number of rotatable bonds is 7. The van der Waals surface area contributed by atoms with Crippen molar-refractivity contribution in [2.24, 2.45) is 5.10 Å². The number of amides is 1. The molecule has 8 heteroatoms. The molecule has 0 unspecified atom stereocenters. The van der Waals surface area contributed by atoms with Crippen molar-refractivity contribution in [2.45, 2.75) is 13.8 Å². The average Bonchev–Trinajstić information content (AvgIpc) is 3.05. The quantitative estimate of drug-likeness (QED) is 0.346. The fraction of sp³-hybridized carbons (Fsp3) is 0.174. The zero-order valence-corrected chi connectivity index (χ0v) is 17.5. The molecular weight excluding hydrogens is 399 g/mol. The Morgan fingerprint density at radius 2 is 1.87 bits per heavy atom. The summed E-state index contributed by atoms with van der Waals surface area (Å²) >= 11 is 0. The second-order valence-corrected chi connectivity index (χ2v) is 6.86. The van der Waals surface area contributed by atoms with E-state index >= 15 is 0 Å². The summed E-state index contributed by atoms with van der Waals surface area (Å²) in [5, 5.41) is 6.92. The predicted molar refractivity (Wildman–Crippen MR) is 117 cm³/mol. The van der Waals surface area contributed by atoms with Crippen LogP contribution in [0, 0.1) is 19.7 Å². The molecule has 160 valence electrons. The highest BCUT2D eigenvalue weighted by molar-refractivity contribution is 5.90. The van der Waals surface area contributed by atoms with Crippen LogP contribution in [0.5, 0.6) is 0 Å². The number of carbonyl (C=O) groups is 2. The highest BCUT2D eigenvalue weighted by Crippen LogP contribution is 2.21. The minimum atomic E-state index is -0.400. The van der Waals surface area contributed by atoms with E-state index in [2.05, 4.69) is 15.8 Å². The third-order valence-electron chi connectivity index (χ3n) is 4.69. The highest BCUT2D eigenvalue weighted by atomic mass is 19.1. The average molecular weight is 422 g/mol. The molecule has 1 aromatic heterocycles. The Morgan fingerprint density at radius 1 is 1.13 bits per heavy atom. The topological polar surface area (TPSA) is 84.7 Å². The summed E-state index contributed by atoms with van der Waals surface area (Å²) in [4.78, 5) is 23.8. The highest BCUT2D eigenvalue weighted by Gasteiger charge is 2.12. The maximum Gasteiger partial charge on any atom is 0.337 e. The first kappa shape index (κ1) is 21.8. The van der Waals surface area contributed by atoms with Gasteiger partial charge in [0.2, 0.25) is 0 Å². The van der Waals surface area contributed by atoms with Crippen molar-refractivity contribution in [2.75, 3.05) is 19.0 Å². The van der Waals surface area contributed by atoms with E-state index in [0.29, 0.717) is 11.3 Å². The first-order valence-electron chi connectivity index (χ1n) is 9.58. The number of halogens is 1. The minimum absolute atomic E-state index is 0.00230. The lowest BCUT2D eigenvalue weighted by molar-refractivity contribution is -0.119. The van der Waals surface area contributed by atoms with Crippen LogP contribution in [0.1, 0.15) is 27.3 Å². The van der Waals surface area contributed by atoms with E-state index in [1.54, 1.807) is 36.5 Å². The molecule has 3 rings (SSSR count). The third-order valence-corrected chi connectivity index (χ3v) is 4.69. The maximum atomic E-state index is 12.9. The van der Waals surface area contributed by atoms with Crippen molar-refractivity contribution in [3.05, 3.63) is 82.9 Å². The Kier molecular flexibility index (Phi) is 6.81. The van der Waals surface area contributed by atoms with Gasteiger partial charge in [0, 0.05) is 28.3 Å². The number of nitrogens with one attached hydrogen (secondary N) is 2. The van der Waals surface area contributed by atoms with Crippen molar-refractivity contribution in [1.29, 1.82) is 0 Å². The summed E-state index contributed by atoms with van der Waals surface area (Å²) in [5.41, 5.74) is 7.07. The molecular formula is C23H23FN4O3. The molecule has 0 fully saturated rings. The van der Waals surface area contributed by atoms with Gasteiger partial charge >= 0.3 is 5.97 Å². The lowest BCUT2D eigenvalue weighted by Crippen LogP contribution is -2.25. The van der Waals surface area contributed by atoms with Gasteiger partial charge in [-0.05, 0) is 62.4 Å². The van der Waals surface area contributed by atoms with Crippen LogP contribution in [-0.2, 0) is 9.53 Å². The van der Waals surface area contributed by atoms with Gasteiger partial charge in [0.15, 0.2) is 0 Å². The summed E-state index contributed by atoms with van der Waals surface area (Å²) in [6, 6.07) is 14.8. The molecule has 2 N–H and O–H groups in total. The first-order valence-corrected chi connectivity index (χ1v) is 9.58. The zero-order valence-electron chi connectivity index (χ0n) is 17.5. The van der Waals surface area contributed by atoms with Gasteiger partial charge in [-0.15, -0.1) is 0 Å². The van der Waals surface area contributed by atoms with E-state index in [4.69, 9.17) is 4.74 Å². The van der Waals surface area contributed by atoms with Crippen molar-refractivity contribution in [3.63, 3.8) is 0 Å². The number of aryl methyl sites for hydroxylation is 1. The molecule has 1 amide bonds. The van der Waals surface area contributed by atoms with E-state index in [1.165, 1.54) is 19.2 Å². The minimum Gasteiger partial charge on any atom is -0.465 e. The van der Waals surface area contributed by atoms with Crippen LogP contribution in [-0.4, -0.2) is 36.3 Å². The van der Waals surface area contributed by atoms with E-state index in [0.717, 1.165) is 22.6 Å². The van der Waals surface area contributed by atoms with Gasteiger partial charge in [0.05, 0.1) is 25.4 Å². The standard InChI is InChI=1S/C23H23FN4O3/c1-15-11-18(13-26-27-22(29)14-25-20-9-7-19(24)8-10-20)16(2)28(15)21-6-4-5-17(12-21)23(30)31-3/h4-13,25H,14H2,1-3H3,(H,27,29)/b26-13-. The van der Waals surface area contributed by atoms with E-state index < -0.39 is 5.97 Å². The molecule has 3 aromatic rings. The Bertz CT molecular complexity index is 1120. The first-order chi connectivity index (χ1) is 14.9. The summed E-state index contributed by atoms with van der Waals surface area (Å²) < 4.78 is 19.7. The van der Waals surface area contributed by atoms with E-state index in [-0.39, 0.29) is 18.3 Å². The van der Waals surface area contributed by atoms with Gasteiger partial charge in [0.25, 0.3) is 5.91 Å². The van der Waals surface area contributed by atoms with Crippen LogP contribution in [0.4, 0.5) is 10.1 Å². The van der Waals surface area contributed by atoms with Crippen LogP contribution in [0.15, 0.2) is 59.7 Å². The number of ether oxygens (including phenoxy) is 1. The van der Waals surface area contributed by atoms with Gasteiger partial charge in [-0.1, -0.05) is 6.07 Å². The van der Waals surface area contributed by atoms with Gasteiger partial charge < -0.3 is 14.6 Å². The van der Waals surface area contributed by atoms with E-state index in [1.807, 2.05) is 30.5 Å². The van der Waals surface area contributed by atoms with Crippen molar-refractivity contribution >= 4 is 23.8 Å². The van der Waals surface area contributed by atoms with Crippen LogP contribution in [0.2, 0.25) is 0 Å². The molecule has 0 aliphatic carbocycles. The lowest BCUT2D eigenvalue weighted by atomic mass is 10.2. The summed E-state index contributed by atoms with van der Waals surface area (Å²) in [7, 11) is 1.35. The molecule has 0 aliphatic rings. The van der Waals surface area contributed by atoms with Gasteiger partial charge in [-0.3, -0.25) is 4.79 Å². The Hall–Kier alpha value is -3.94. The SMILES string of the molecule is COC(=O)c1cccc(-n2c(C)cc(/C=N\NC(=O)CNc3ccc(F)cc3)c2C)c1. The molecule has 0 spiro atoms. The van der Waals surface area contributed by atoms with Crippen LogP contribution in [0.3, 0.4) is 0 Å². The molecule has 0 radical (unpaired) electrons. The fourth-order valence-corrected chi connectivity index (χ4v) is 3.17. The van der Waals surface area contributed by atoms with Crippen molar-refractivity contribution in [3.8, 4) is 5.69 Å². The molecule has 1 heterocycles. The van der Waals surface area contributed by atoms with Crippen LogP contribution >= 0.6 is 0 Å². The number of aromatic nitrogens is 1. The predicted octanol–water partition coefficient (Wildman–Crippen LogP) is 3.58. The van der Waals surface area contributed by atoms with Gasteiger partial charge in [-0.25, -0.2) is 14.6 Å². The molecule has 0 saturated carbocycles. The number of hydrogen-bond acceptors (Lipinski definition) is 5. The smallest absolute Gasteiger partial charge is 0.337 e. The van der Waals surface area contributed by atoms with E-state index in [9.17, 15) is 14.0 Å². The number of nitrogens with zero attached hydrogens (tertiary/aromatic N) is 2. The summed E-state index contributed by atoms with van der Waals surface area (Å²) in [6.45, 7) is 3.87. The number of hydrogen-bond donors (Lipinski definition) is 2. The summed E-state index contributed by atoms with van der Waals surface area (Å²) in [5.74, 6) is -1.07. The molecule has 2 aromatic carbocycles. The second-order valence-electron chi connectivity index (χ2n) is 6.86. The molecule has 0 aliphatic heterocycles. The van der Waals surface area contributed by atoms with Gasteiger partial charge in [-0.2, -0.15) is 5.10 Å². The number of anilines is 1. The maximum absolute atomic E-state index is 12.9. The number of methoxy groups -OCH3 is 1. The zero-order chi connectivity index (χ0) is 22.4.